The van der Waals surface area contributed by atoms with E-state index in [1.54, 1.807) is 23.3 Å². The lowest BCUT2D eigenvalue weighted by Crippen LogP contribution is -2.23. The Morgan fingerprint density at radius 2 is 1.92 bits per heavy atom. The van der Waals surface area contributed by atoms with Crippen LogP contribution in [0.2, 0.25) is 0 Å². The van der Waals surface area contributed by atoms with E-state index in [1.807, 2.05) is 62.4 Å². The molecular weight excluding hydrogens is 314 g/mol. The Labute approximate surface area is 147 Å². The molecule has 0 saturated carbocycles. The molecule has 1 aromatic carbocycles. The van der Waals surface area contributed by atoms with Gasteiger partial charge in [-0.05, 0) is 42.0 Å². The molecule has 0 saturated heterocycles. The van der Waals surface area contributed by atoms with Crippen LogP contribution < -0.4 is 10.2 Å². The summed E-state index contributed by atoms with van der Waals surface area (Å²) in [5.74, 6) is -0.101. The van der Waals surface area contributed by atoms with E-state index in [4.69, 9.17) is 0 Å². The second kappa shape index (κ2) is 7.17. The van der Waals surface area contributed by atoms with Gasteiger partial charge in [0.25, 0.3) is 5.91 Å². The number of carbonyl (C=O) groups is 1. The third-order valence-electron chi connectivity index (χ3n) is 4.01. The number of rotatable bonds is 5. The van der Waals surface area contributed by atoms with Gasteiger partial charge in [-0.1, -0.05) is 0 Å². The minimum atomic E-state index is -0.101. The van der Waals surface area contributed by atoms with E-state index in [0.29, 0.717) is 12.1 Å². The fourth-order valence-corrected chi connectivity index (χ4v) is 2.58. The van der Waals surface area contributed by atoms with Crippen molar-refractivity contribution in [1.82, 2.24) is 20.1 Å². The zero-order valence-electron chi connectivity index (χ0n) is 14.6. The van der Waals surface area contributed by atoms with E-state index in [9.17, 15) is 4.79 Å². The first-order valence-corrected chi connectivity index (χ1v) is 8.02. The van der Waals surface area contributed by atoms with Crippen LogP contribution in [0.25, 0.3) is 11.3 Å². The van der Waals surface area contributed by atoms with Crippen molar-refractivity contribution in [3.05, 3.63) is 66.1 Å². The first-order valence-electron chi connectivity index (χ1n) is 8.02. The van der Waals surface area contributed by atoms with Gasteiger partial charge in [-0.25, -0.2) is 0 Å². The summed E-state index contributed by atoms with van der Waals surface area (Å²) >= 11 is 0. The molecule has 128 valence electrons. The third-order valence-corrected chi connectivity index (χ3v) is 4.01. The first-order chi connectivity index (χ1) is 12.0. The molecule has 6 nitrogen and oxygen atoms in total. The van der Waals surface area contributed by atoms with Gasteiger partial charge < -0.3 is 10.2 Å². The number of carbonyl (C=O) groups excluding carboxylic acids is 1. The molecule has 2 heterocycles. The van der Waals surface area contributed by atoms with Gasteiger partial charge in [0.05, 0.1) is 5.69 Å². The second-order valence-corrected chi connectivity index (χ2v) is 6.05. The largest absolute Gasteiger partial charge is 0.378 e. The number of hydrogen-bond acceptors (Lipinski definition) is 4. The van der Waals surface area contributed by atoms with Crippen LogP contribution in [-0.2, 0) is 13.6 Å². The highest BCUT2D eigenvalue weighted by atomic mass is 16.1. The molecule has 0 radical (unpaired) electrons. The standard InChI is InChI=1S/C19H21N5O/c1-23(2)17-6-4-15(5-7-17)19(25)21-12-14-10-16(13-20-11-14)18-8-9-22-24(18)3/h4-11,13H,12H2,1-3H3,(H,21,25). The normalized spacial score (nSPS) is 10.5. The van der Waals surface area contributed by atoms with Crippen molar-refractivity contribution < 1.29 is 4.79 Å². The van der Waals surface area contributed by atoms with E-state index in [1.165, 1.54) is 0 Å². The smallest absolute Gasteiger partial charge is 0.251 e. The number of hydrogen-bond donors (Lipinski definition) is 1. The van der Waals surface area contributed by atoms with E-state index in [2.05, 4.69) is 15.4 Å². The molecule has 3 rings (SSSR count). The van der Waals surface area contributed by atoms with Crippen molar-refractivity contribution in [2.45, 2.75) is 6.54 Å². The second-order valence-electron chi connectivity index (χ2n) is 6.05. The lowest BCUT2D eigenvalue weighted by Gasteiger charge is -2.12. The fourth-order valence-electron chi connectivity index (χ4n) is 2.58. The van der Waals surface area contributed by atoms with E-state index < -0.39 is 0 Å². The SMILES string of the molecule is CN(C)c1ccc(C(=O)NCc2cncc(-c3ccnn3C)c2)cc1. The Bertz CT molecular complexity index is 868. The molecule has 0 aliphatic heterocycles. The molecule has 0 unspecified atom stereocenters. The van der Waals surface area contributed by atoms with Crippen LogP contribution in [0, 0.1) is 0 Å². The van der Waals surface area contributed by atoms with Crippen LogP contribution in [0.4, 0.5) is 5.69 Å². The highest BCUT2D eigenvalue weighted by molar-refractivity contribution is 5.94. The van der Waals surface area contributed by atoms with Crippen molar-refractivity contribution in [2.24, 2.45) is 7.05 Å². The van der Waals surface area contributed by atoms with Gasteiger partial charge in [0.2, 0.25) is 0 Å². The molecule has 1 amide bonds. The lowest BCUT2D eigenvalue weighted by molar-refractivity contribution is 0.0951. The van der Waals surface area contributed by atoms with Crippen LogP contribution in [0.15, 0.2) is 55.0 Å². The van der Waals surface area contributed by atoms with Gasteiger partial charge in [-0.15, -0.1) is 0 Å². The van der Waals surface area contributed by atoms with Gasteiger partial charge in [0, 0.05) is 63.1 Å². The van der Waals surface area contributed by atoms with Gasteiger partial charge in [-0.2, -0.15) is 5.10 Å². The summed E-state index contributed by atoms with van der Waals surface area (Å²) in [7, 11) is 5.83. The van der Waals surface area contributed by atoms with E-state index >= 15 is 0 Å². The van der Waals surface area contributed by atoms with Crippen LogP contribution in [0.1, 0.15) is 15.9 Å². The summed E-state index contributed by atoms with van der Waals surface area (Å²) in [4.78, 5) is 18.6. The van der Waals surface area contributed by atoms with Gasteiger partial charge in [0.1, 0.15) is 0 Å². The maximum Gasteiger partial charge on any atom is 0.251 e. The lowest BCUT2D eigenvalue weighted by atomic mass is 10.1. The van der Waals surface area contributed by atoms with E-state index in [0.717, 1.165) is 22.5 Å². The zero-order valence-corrected chi connectivity index (χ0v) is 14.6. The molecule has 0 aliphatic carbocycles. The summed E-state index contributed by atoms with van der Waals surface area (Å²) in [5.41, 5.74) is 4.60. The van der Waals surface area contributed by atoms with Crippen molar-refractivity contribution >= 4 is 11.6 Å². The molecule has 0 spiro atoms. The maximum absolute atomic E-state index is 12.3. The average Bonchev–Trinajstić information content (AvgIpc) is 3.06. The molecule has 6 heteroatoms. The van der Waals surface area contributed by atoms with Crippen molar-refractivity contribution in [3.8, 4) is 11.3 Å². The number of anilines is 1. The monoisotopic (exact) mass is 335 g/mol. The number of pyridine rings is 1. The summed E-state index contributed by atoms with van der Waals surface area (Å²) in [6.45, 7) is 0.424. The van der Waals surface area contributed by atoms with Crippen molar-refractivity contribution in [2.75, 3.05) is 19.0 Å². The quantitative estimate of drug-likeness (QED) is 0.778. The Morgan fingerprint density at radius 3 is 2.56 bits per heavy atom. The average molecular weight is 335 g/mol. The number of amides is 1. The molecule has 3 aromatic rings. The first kappa shape index (κ1) is 16.7. The van der Waals surface area contributed by atoms with E-state index in [-0.39, 0.29) is 5.91 Å². The molecule has 0 atom stereocenters. The van der Waals surface area contributed by atoms with Crippen LogP contribution in [-0.4, -0.2) is 34.8 Å². The number of aryl methyl sites for hydroxylation is 1. The Kier molecular flexibility index (Phi) is 4.79. The molecular formula is C19H21N5O. The molecule has 0 fully saturated rings. The maximum atomic E-state index is 12.3. The minimum Gasteiger partial charge on any atom is -0.378 e. The Morgan fingerprint density at radius 1 is 1.16 bits per heavy atom. The van der Waals surface area contributed by atoms with Crippen molar-refractivity contribution in [1.29, 1.82) is 0 Å². The molecule has 2 aromatic heterocycles. The molecule has 0 aliphatic rings. The highest BCUT2D eigenvalue weighted by Gasteiger charge is 2.08. The van der Waals surface area contributed by atoms with Gasteiger partial charge in [0.15, 0.2) is 0 Å². The van der Waals surface area contributed by atoms with Crippen LogP contribution >= 0.6 is 0 Å². The number of benzene rings is 1. The topological polar surface area (TPSA) is 63.1 Å². The Balaban J connectivity index is 1.67. The highest BCUT2D eigenvalue weighted by Crippen LogP contribution is 2.18. The summed E-state index contributed by atoms with van der Waals surface area (Å²) in [6, 6.07) is 11.5. The predicted octanol–water partition coefficient (Wildman–Crippen LogP) is 2.48. The third kappa shape index (κ3) is 3.85. The molecule has 0 bridgehead atoms. The minimum absolute atomic E-state index is 0.101. The fraction of sp³-hybridized carbons (Fsp3) is 0.211. The van der Waals surface area contributed by atoms with Gasteiger partial charge in [-0.3, -0.25) is 14.5 Å². The van der Waals surface area contributed by atoms with Crippen LogP contribution in [0.5, 0.6) is 0 Å². The predicted molar refractivity (Wildman–Crippen MR) is 98.4 cm³/mol. The Hall–Kier alpha value is -3.15. The number of nitrogens with zero attached hydrogens (tertiary/aromatic N) is 4. The number of aromatic nitrogens is 3. The molecule has 25 heavy (non-hydrogen) atoms. The van der Waals surface area contributed by atoms with Crippen LogP contribution in [0.3, 0.4) is 0 Å². The van der Waals surface area contributed by atoms with Gasteiger partial charge >= 0.3 is 0 Å². The zero-order chi connectivity index (χ0) is 17.8. The summed E-state index contributed by atoms with van der Waals surface area (Å²) in [5, 5.41) is 7.11. The summed E-state index contributed by atoms with van der Waals surface area (Å²) in [6.07, 6.45) is 5.30. The number of nitrogens with one attached hydrogen (secondary N) is 1. The van der Waals surface area contributed by atoms with Crippen molar-refractivity contribution in [3.63, 3.8) is 0 Å². The summed E-state index contributed by atoms with van der Waals surface area (Å²) < 4.78 is 1.80. The molecule has 1 N–H and O–H groups in total.